The monoisotopic (exact) mass is 206 g/mol. The van der Waals surface area contributed by atoms with E-state index in [-0.39, 0.29) is 0 Å². The molecule has 0 spiro atoms. The maximum Gasteiger partial charge on any atom is -0.172 e. The first kappa shape index (κ1) is 7.30. The van der Waals surface area contributed by atoms with Crippen molar-refractivity contribution in [3.63, 3.8) is 0 Å². The van der Waals surface area contributed by atoms with E-state index in [0.717, 1.165) is 0 Å². The van der Waals surface area contributed by atoms with Gasteiger partial charge in [0.15, 0.2) is 0 Å². The van der Waals surface area contributed by atoms with Gasteiger partial charge in [0.2, 0.25) is 0 Å². The van der Waals surface area contributed by atoms with Gasteiger partial charge in [-0.25, -0.2) is 12.1 Å². The smallest absolute Gasteiger partial charge is 0.172 e. The Balaban J connectivity index is 0.000000162. The van der Waals surface area contributed by atoms with Crippen LogP contribution in [0, 0.1) is 0 Å². The van der Waals surface area contributed by atoms with Crippen LogP contribution in [0.3, 0.4) is 0 Å². The number of hydrogen-bond donors (Lipinski definition) is 0. The second-order valence-corrected chi connectivity index (χ2v) is 0.962. The van der Waals surface area contributed by atoms with Crippen molar-refractivity contribution in [2.24, 2.45) is 0 Å². The van der Waals surface area contributed by atoms with Crippen molar-refractivity contribution in [1.82, 2.24) is 0 Å². The summed E-state index contributed by atoms with van der Waals surface area (Å²) in [7, 11) is 4.49. The molecular weight excluding hydrogens is 202 g/mol. The first-order chi connectivity index (χ1) is 3.50. The van der Waals surface area contributed by atoms with E-state index in [1.54, 1.807) is 0 Å². The molecule has 0 amide bonds. The molecule has 1 rings (SSSR count). The van der Waals surface area contributed by atoms with Gasteiger partial charge in [-0.2, -0.15) is 18.2 Å². The van der Waals surface area contributed by atoms with Crippen LogP contribution >= 0.6 is 9.53 Å². The number of rotatable bonds is 0. The average molecular weight is 207 g/mol. The van der Waals surface area contributed by atoms with Crippen molar-refractivity contribution in [2.75, 3.05) is 0 Å². The van der Waals surface area contributed by atoms with Crippen LogP contribution in [0.25, 0.3) is 0 Å². The van der Waals surface area contributed by atoms with Gasteiger partial charge in [0.25, 0.3) is 0 Å². The van der Waals surface area contributed by atoms with Gasteiger partial charge in [0.1, 0.15) is 0 Å². The molecule has 0 fully saturated rings. The Morgan fingerprint density at radius 2 is 1.57 bits per heavy atom. The van der Waals surface area contributed by atoms with Gasteiger partial charge in [-0.05, 0) is 0 Å². The van der Waals surface area contributed by atoms with Gasteiger partial charge >= 0.3 is 27.7 Å². The van der Waals surface area contributed by atoms with Crippen LogP contribution in [-0.2, 0) is 18.2 Å². The summed E-state index contributed by atoms with van der Waals surface area (Å²) in [6, 6.07) is 10.0. The Morgan fingerprint density at radius 3 is 1.71 bits per heavy atom. The zero-order chi connectivity index (χ0) is 5.54. The Bertz CT molecular complexity index is 64.6. The summed E-state index contributed by atoms with van der Waals surface area (Å²) in [5.41, 5.74) is 0. The van der Waals surface area contributed by atoms with Crippen LogP contribution in [0.4, 0.5) is 0 Å². The minimum Gasteiger partial charge on any atom is -0.214 e. The Hall–Kier alpha value is 0.302. The van der Waals surface area contributed by atoms with Crippen molar-refractivity contribution in [3.05, 3.63) is 30.3 Å². The molecular formula is C5H5ClPd. The topological polar surface area (TPSA) is 0 Å². The van der Waals surface area contributed by atoms with E-state index in [9.17, 15) is 0 Å². The van der Waals surface area contributed by atoms with Crippen LogP contribution in [0.15, 0.2) is 30.3 Å². The molecule has 7 heavy (non-hydrogen) atoms. The van der Waals surface area contributed by atoms with E-state index in [1.165, 1.54) is 0 Å². The third kappa shape index (κ3) is 4.15. The SMILES string of the molecule is [Cl][Pd+].c1cc[cH-]c1. The average Bonchev–Trinajstić information content (AvgIpc) is 2.23. The standard InChI is InChI=1S/C5H5.ClH.Pd/c1-2-4-5-3-1;;/h1-5H;1H;/q-1;;+2/p-1. The van der Waals surface area contributed by atoms with Crippen LogP contribution in [0.5, 0.6) is 0 Å². The summed E-state index contributed by atoms with van der Waals surface area (Å²) in [6.07, 6.45) is 0. The van der Waals surface area contributed by atoms with Crippen molar-refractivity contribution in [3.8, 4) is 0 Å². The molecule has 0 N–H and O–H groups in total. The van der Waals surface area contributed by atoms with E-state index in [0.29, 0.717) is 0 Å². The molecule has 0 aliphatic rings. The largest absolute Gasteiger partial charge is 0.214 e. The van der Waals surface area contributed by atoms with Gasteiger partial charge in [0.05, 0.1) is 0 Å². The maximum atomic E-state index is 4.49. The molecule has 0 radical (unpaired) electrons. The van der Waals surface area contributed by atoms with Crippen molar-refractivity contribution in [1.29, 1.82) is 0 Å². The van der Waals surface area contributed by atoms with E-state index in [1.807, 2.05) is 30.3 Å². The molecule has 0 bridgehead atoms. The fraction of sp³-hybridized carbons (Fsp3) is 0. The molecule has 0 atom stereocenters. The summed E-state index contributed by atoms with van der Waals surface area (Å²) < 4.78 is 0. The van der Waals surface area contributed by atoms with E-state index >= 15 is 0 Å². The summed E-state index contributed by atoms with van der Waals surface area (Å²) in [6.45, 7) is 0. The van der Waals surface area contributed by atoms with Crippen molar-refractivity contribution < 1.29 is 18.2 Å². The second-order valence-electron chi connectivity index (χ2n) is 0.962. The summed E-state index contributed by atoms with van der Waals surface area (Å²) in [5, 5.41) is 0. The first-order valence-corrected chi connectivity index (χ1v) is 3.79. The molecule has 42 valence electrons. The minimum absolute atomic E-state index is 2.00. The molecule has 0 saturated carbocycles. The molecule has 1 aromatic carbocycles. The van der Waals surface area contributed by atoms with E-state index in [4.69, 9.17) is 0 Å². The fourth-order valence-corrected chi connectivity index (χ4v) is 0.321. The van der Waals surface area contributed by atoms with E-state index < -0.39 is 0 Å². The molecule has 0 unspecified atom stereocenters. The molecule has 0 aliphatic carbocycles. The van der Waals surface area contributed by atoms with Crippen LogP contribution < -0.4 is 0 Å². The van der Waals surface area contributed by atoms with Crippen LogP contribution in [0.1, 0.15) is 0 Å². The first-order valence-electron chi connectivity index (χ1n) is 1.79. The number of halogens is 1. The maximum absolute atomic E-state index is 4.49. The van der Waals surface area contributed by atoms with Gasteiger partial charge < -0.3 is 0 Å². The summed E-state index contributed by atoms with van der Waals surface area (Å²) in [5.74, 6) is 0. The third-order valence-corrected chi connectivity index (χ3v) is 0.556. The van der Waals surface area contributed by atoms with Crippen LogP contribution in [-0.4, -0.2) is 0 Å². The minimum atomic E-state index is 2.00. The quantitative estimate of drug-likeness (QED) is 0.451. The van der Waals surface area contributed by atoms with Crippen molar-refractivity contribution in [2.45, 2.75) is 0 Å². The second kappa shape index (κ2) is 6.30. The summed E-state index contributed by atoms with van der Waals surface area (Å²) in [4.78, 5) is 0. The molecule has 0 nitrogen and oxygen atoms in total. The molecule has 0 aromatic heterocycles. The molecule has 0 saturated heterocycles. The zero-order valence-electron chi connectivity index (χ0n) is 3.58. The Labute approximate surface area is 58.2 Å². The molecule has 0 heterocycles. The van der Waals surface area contributed by atoms with Gasteiger partial charge in [0, 0.05) is 0 Å². The molecule has 0 aliphatic heterocycles. The van der Waals surface area contributed by atoms with Gasteiger partial charge in [-0.15, -0.1) is 0 Å². The van der Waals surface area contributed by atoms with E-state index in [2.05, 4.69) is 27.7 Å². The Morgan fingerprint density at radius 1 is 1.14 bits per heavy atom. The fourth-order valence-electron chi connectivity index (χ4n) is 0.321. The summed E-state index contributed by atoms with van der Waals surface area (Å²) >= 11 is 2.22. The predicted molar refractivity (Wildman–Crippen MR) is 27.9 cm³/mol. The van der Waals surface area contributed by atoms with Gasteiger partial charge in [-0.1, -0.05) is 0 Å². The normalized spacial score (nSPS) is 6.71. The molecule has 2 heteroatoms. The predicted octanol–water partition coefficient (Wildman–Crippen LogP) is 2.09. The number of hydrogen-bond acceptors (Lipinski definition) is 0. The zero-order valence-corrected chi connectivity index (χ0v) is 5.89. The van der Waals surface area contributed by atoms with Crippen LogP contribution in [0.2, 0.25) is 0 Å². The van der Waals surface area contributed by atoms with Gasteiger partial charge in [-0.3, -0.25) is 0 Å². The Kier molecular flexibility index (Phi) is 6.57. The van der Waals surface area contributed by atoms with Crippen molar-refractivity contribution >= 4 is 9.53 Å². The third-order valence-electron chi connectivity index (χ3n) is 0.556. The molecule has 1 aromatic rings.